The number of para-hydroxylation sites is 1. The van der Waals surface area contributed by atoms with E-state index < -0.39 is 0 Å². The van der Waals surface area contributed by atoms with Crippen LogP contribution in [0.1, 0.15) is 32.6 Å². The number of hydrogen-bond acceptors (Lipinski definition) is 2. The minimum absolute atomic E-state index is 0.814. The van der Waals surface area contributed by atoms with Crippen molar-refractivity contribution >= 4 is 29.1 Å². The molecule has 3 heteroatoms. The van der Waals surface area contributed by atoms with Crippen molar-refractivity contribution in [3.8, 4) is 0 Å². The van der Waals surface area contributed by atoms with Gasteiger partial charge < -0.3 is 5.32 Å². The van der Waals surface area contributed by atoms with Crippen LogP contribution < -0.4 is 5.32 Å². The van der Waals surface area contributed by atoms with Gasteiger partial charge in [0.05, 0.1) is 10.7 Å². The summed E-state index contributed by atoms with van der Waals surface area (Å²) in [5.74, 6) is 2.09. The van der Waals surface area contributed by atoms with E-state index in [2.05, 4.69) is 24.0 Å². The van der Waals surface area contributed by atoms with Crippen LogP contribution in [0.15, 0.2) is 24.3 Å². The highest BCUT2D eigenvalue weighted by atomic mass is 35.5. The Morgan fingerprint density at radius 3 is 2.94 bits per heavy atom. The van der Waals surface area contributed by atoms with Crippen LogP contribution >= 0.6 is 23.4 Å². The Kier molecular flexibility index (Phi) is 5.71. The highest BCUT2D eigenvalue weighted by Gasteiger charge is 2.18. The topological polar surface area (TPSA) is 12.0 Å². The number of anilines is 1. The minimum Gasteiger partial charge on any atom is -0.383 e. The number of hydrogen-bond donors (Lipinski definition) is 1. The molecule has 0 amide bonds. The third kappa shape index (κ3) is 4.40. The van der Waals surface area contributed by atoms with Crippen molar-refractivity contribution in [1.82, 2.24) is 0 Å². The van der Waals surface area contributed by atoms with Crippen LogP contribution in [0.2, 0.25) is 5.02 Å². The molecule has 1 fully saturated rings. The number of halogens is 1. The third-order valence-electron chi connectivity index (χ3n) is 3.53. The molecule has 1 nitrogen and oxygen atoms in total. The summed E-state index contributed by atoms with van der Waals surface area (Å²) in [4.78, 5) is 0. The Hall–Kier alpha value is -0.340. The quantitative estimate of drug-likeness (QED) is 0.758. The molecular formula is C15H22ClNS. The van der Waals surface area contributed by atoms with Crippen LogP contribution in [0.4, 0.5) is 5.69 Å². The summed E-state index contributed by atoms with van der Waals surface area (Å²) in [6.07, 6.45) is 5.64. The van der Waals surface area contributed by atoms with Crippen LogP contribution in [-0.4, -0.2) is 17.5 Å². The van der Waals surface area contributed by atoms with E-state index in [-0.39, 0.29) is 0 Å². The first-order valence-electron chi connectivity index (χ1n) is 6.85. The van der Waals surface area contributed by atoms with Crippen LogP contribution in [0.5, 0.6) is 0 Å². The lowest BCUT2D eigenvalue weighted by atomic mass is 9.91. The zero-order chi connectivity index (χ0) is 12.8. The van der Waals surface area contributed by atoms with Gasteiger partial charge in [-0.1, -0.05) is 43.5 Å². The van der Waals surface area contributed by atoms with Crippen molar-refractivity contribution in [1.29, 1.82) is 0 Å². The zero-order valence-corrected chi connectivity index (χ0v) is 12.6. The fourth-order valence-corrected chi connectivity index (χ4v) is 4.10. The molecule has 0 heterocycles. The Bertz CT molecular complexity index is 369. The van der Waals surface area contributed by atoms with Crippen molar-refractivity contribution in [2.75, 3.05) is 17.6 Å². The fraction of sp³-hybridized carbons (Fsp3) is 0.600. The maximum absolute atomic E-state index is 6.10. The predicted molar refractivity (Wildman–Crippen MR) is 83.8 cm³/mol. The normalized spacial score (nSPS) is 23.9. The highest BCUT2D eigenvalue weighted by Crippen LogP contribution is 2.31. The number of thioether (sulfide) groups is 1. The molecule has 1 aromatic carbocycles. The second-order valence-corrected chi connectivity index (χ2v) is 6.99. The lowest BCUT2D eigenvalue weighted by Crippen LogP contribution is -2.17. The molecule has 2 unspecified atom stereocenters. The standard InChI is InChI=1S/C15H22ClNS/c1-12-5-4-6-13(11-12)18-10-9-17-15-8-3-2-7-14(15)16/h2-3,7-8,12-13,17H,4-6,9-11H2,1H3. The molecule has 0 spiro atoms. The van der Waals surface area contributed by atoms with Crippen LogP contribution in [0.3, 0.4) is 0 Å². The van der Waals surface area contributed by atoms with E-state index in [1.54, 1.807) is 0 Å². The number of benzene rings is 1. The Morgan fingerprint density at radius 2 is 2.17 bits per heavy atom. The van der Waals surface area contributed by atoms with Crippen molar-refractivity contribution < 1.29 is 0 Å². The van der Waals surface area contributed by atoms with Gasteiger partial charge in [0, 0.05) is 17.5 Å². The predicted octanol–water partition coefficient (Wildman–Crippen LogP) is 5.06. The highest BCUT2D eigenvalue weighted by molar-refractivity contribution is 7.99. The SMILES string of the molecule is CC1CCCC(SCCNc2ccccc2Cl)C1. The van der Waals surface area contributed by atoms with E-state index in [1.807, 2.05) is 24.3 Å². The van der Waals surface area contributed by atoms with Gasteiger partial charge in [0.2, 0.25) is 0 Å². The molecule has 1 N–H and O–H groups in total. The van der Waals surface area contributed by atoms with Crippen molar-refractivity contribution in [2.45, 2.75) is 37.9 Å². The molecule has 0 bridgehead atoms. The summed E-state index contributed by atoms with van der Waals surface area (Å²) in [6, 6.07) is 7.95. The lowest BCUT2D eigenvalue weighted by Gasteiger charge is -2.26. The molecule has 2 rings (SSSR count). The van der Waals surface area contributed by atoms with E-state index >= 15 is 0 Å². The first-order chi connectivity index (χ1) is 8.75. The molecule has 100 valence electrons. The molecule has 1 aliphatic rings. The molecule has 18 heavy (non-hydrogen) atoms. The van der Waals surface area contributed by atoms with E-state index in [4.69, 9.17) is 11.6 Å². The van der Waals surface area contributed by atoms with Crippen LogP contribution in [0, 0.1) is 5.92 Å². The second-order valence-electron chi connectivity index (χ2n) is 5.17. The maximum Gasteiger partial charge on any atom is 0.0637 e. The van der Waals surface area contributed by atoms with Gasteiger partial charge in [-0.15, -0.1) is 0 Å². The van der Waals surface area contributed by atoms with E-state index in [1.165, 1.54) is 31.4 Å². The van der Waals surface area contributed by atoms with Crippen LogP contribution in [-0.2, 0) is 0 Å². The van der Waals surface area contributed by atoms with Gasteiger partial charge in [0.25, 0.3) is 0 Å². The lowest BCUT2D eigenvalue weighted by molar-refractivity contribution is 0.394. The summed E-state index contributed by atoms with van der Waals surface area (Å²) < 4.78 is 0. The zero-order valence-electron chi connectivity index (χ0n) is 11.0. The molecule has 0 aliphatic heterocycles. The smallest absolute Gasteiger partial charge is 0.0637 e. The number of nitrogens with one attached hydrogen (secondary N) is 1. The monoisotopic (exact) mass is 283 g/mol. The number of rotatable bonds is 5. The molecule has 0 radical (unpaired) electrons. The third-order valence-corrected chi connectivity index (χ3v) is 5.20. The van der Waals surface area contributed by atoms with E-state index in [0.29, 0.717) is 0 Å². The van der Waals surface area contributed by atoms with Crippen molar-refractivity contribution in [3.05, 3.63) is 29.3 Å². The van der Waals surface area contributed by atoms with Crippen molar-refractivity contribution in [2.24, 2.45) is 5.92 Å². The van der Waals surface area contributed by atoms with Crippen LogP contribution in [0.25, 0.3) is 0 Å². The van der Waals surface area contributed by atoms with Crippen molar-refractivity contribution in [3.63, 3.8) is 0 Å². The summed E-state index contributed by atoms with van der Waals surface area (Å²) >= 11 is 8.22. The summed E-state index contributed by atoms with van der Waals surface area (Å²) in [6.45, 7) is 3.38. The van der Waals surface area contributed by atoms with Gasteiger partial charge in [-0.3, -0.25) is 0 Å². The maximum atomic E-state index is 6.10. The van der Waals surface area contributed by atoms with E-state index in [9.17, 15) is 0 Å². The van der Waals surface area contributed by atoms with Gasteiger partial charge in [0.15, 0.2) is 0 Å². The molecule has 2 atom stereocenters. The average molecular weight is 284 g/mol. The minimum atomic E-state index is 0.814. The second kappa shape index (κ2) is 7.30. The summed E-state index contributed by atoms with van der Waals surface area (Å²) in [5.41, 5.74) is 1.05. The first kappa shape index (κ1) is 14.1. The Balaban J connectivity index is 1.65. The average Bonchev–Trinajstić information content (AvgIpc) is 2.37. The molecule has 1 saturated carbocycles. The summed E-state index contributed by atoms with van der Waals surface area (Å²) in [7, 11) is 0. The van der Waals surface area contributed by atoms with Gasteiger partial charge >= 0.3 is 0 Å². The van der Waals surface area contributed by atoms with Gasteiger partial charge in [0.1, 0.15) is 0 Å². The van der Waals surface area contributed by atoms with Gasteiger partial charge in [-0.2, -0.15) is 11.8 Å². The molecule has 1 aliphatic carbocycles. The van der Waals surface area contributed by atoms with E-state index in [0.717, 1.165) is 28.4 Å². The fourth-order valence-electron chi connectivity index (χ4n) is 2.55. The molecule has 0 saturated heterocycles. The van der Waals surface area contributed by atoms with Gasteiger partial charge in [-0.25, -0.2) is 0 Å². The summed E-state index contributed by atoms with van der Waals surface area (Å²) in [5, 5.41) is 5.10. The largest absolute Gasteiger partial charge is 0.383 e. The Labute approximate surface area is 120 Å². The molecule has 0 aromatic heterocycles. The molecular weight excluding hydrogens is 262 g/mol. The molecule has 1 aromatic rings. The Morgan fingerprint density at radius 1 is 1.33 bits per heavy atom. The first-order valence-corrected chi connectivity index (χ1v) is 8.28. The van der Waals surface area contributed by atoms with Gasteiger partial charge in [-0.05, 0) is 30.9 Å².